The Morgan fingerprint density at radius 2 is 2.40 bits per heavy atom. The number of nitrogens with zero attached hydrogens (tertiary/aromatic N) is 3. The fourth-order valence-corrected chi connectivity index (χ4v) is 3.66. The van der Waals surface area contributed by atoms with Crippen molar-refractivity contribution in [1.29, 1.82) is 0 Å². The van der Waals surface area contributed by atoms with Crippen LogP contribution in [-0.2, 0) is 14.8 Å². The summed E-state index contributed by atoms with van der Waals surface area (Å²) in [6.07, 6.45) is 3.77. The zero-order chi connectivity index (χ0) is 14.6. The number of aromatic amines is 1. The molecule has 1 aromatic rings. The molecule has 0 aromatic carbocycles. The van der Waals surface area contributed by atoms with Crippen LogP contribution in [0.4, 0.5) is 0 Å². The quantitative estimate of drug-likeness (QED) is 0.767. The van der Waals surface area contributed by atoms with Gasteiger partial charge in [0, 0.05) is 40.0 Å². The lowest BCUT2D eigenvalue weighted by Crippen LogP contribution is -2.33. The van der Waals surface area contributed by atoms with Crippen LogP contribution in [0.2, 0.25) is 0 Å². The molecule has 0 unspecified atom stereocenters. The van der Waals surface area contributed by atoms with E-state index in [1.165, 1.54) is 16.7 Å². The number of aromatic nitrogens is 2. The second-order valence-corrected chi connectivity index (χ2v) is 7.21. The van der Waals surface area contributed by atoms with Crippen molar-refractivity contribution in [3.63, 3.8) is 0 Å². The number of hydrogen-bond acceptors (Lipinski definition) is 5. The molecule has 7 nitrogen and oxygen atoms in total. The summed E-state index contributed by atoms with van der Waals surface area (Å²) in [6, 6.07) is 0. The third kappa shape index (κ3) is 3.57. The van der Waals surface area contributed by atoms with Crippen molar-refractivity contribution >= 4 is 10.0 Å². The number of H-pyrrole nitrogens is 1. The fourth-order valence-electron chi connectivity index (χ4n) is 2.51. The summed E-state index contributed by atoms with van der Waals surface area (Å²) in [5.74, 6) is 0.374. The maximum atomic E-state index is 12.3. The van der Waals surface area contributed by atoms with Crippen LogP contribution in [0.15, 0.2) is 17.3 Å². The van der Waals surface area contributed by atoms with Crippen molar-refractivity contribution < 1.29 is 13.2 Å². The molecule has 1 aromatic heterocycles. The van der Waals surface area contributed by atoms with Gasteiger partial charge in [0.2, 0.25) is 10.0 Å². The van der Waals surface area contributed by atoms with Crippen LogP contribution >= 0.6 is 0 Å². The molecule has 1 aliphatic heterocycles. The van der Waals surface area contributed by atoms with Crippen molar-refractivity contribution in [2.75, 3.05) is 46.9 Å². The predicted octanol–water partition coefficient (Wildman–Crippen LogP) is -0.00150. The molecule has 1 saturated heterocycles. The monoisotopic (exact) mass is 302 g/mol. The minimum Gasteiger partial charge on any atom is -0.383 e. The van der Waals surface area contributed by atoms with Gasteiger partial charge in [-0.2, -0.15) is 5.10 Å². The number of ether oxygens (including phenoxy) is 1. The van der Waals surface area contributed by atoms with E-state index >= 15 is 0 Å². The van der Waals surface area contributed by atoms with E-state index in [2.05, 4.69) is 15.1 Å². The molecule has 2 heterocycles. The summed E-state index contributed by atoms with van der Waals surface area (Å²) < 4.78 is 31.0. The van der Waals surface area contributed by atoms with Gasteiger partial charge < -0.3 is 9.64 Å². The van der Waals surface area contributed by atoms with Gasteiger partial charge in [-0.05, 0) is 18.9 Å². The highest BCUT2D eigenvalue weighted by atomic mass is 32.2. The van der Waals surface area contributed by atoms with Gasteiger partial charge in [-0.15, -0.1) is 0 Å². The van der Waals surface area contributed by atoms with Crippen molar-refractivity contribution in [3.05, 3.63) is 12.4 Å². The van der Waals surface area contributed by atoms with Gasteiger partial charge in [0.05, 0.1) is 12.8 Å². The highest BCUT2D eigenvalue weighted by Gasteiger charge is 2.28. The number of rotatable bonds is 7. The van der Waals surface area contributed by atoms with Gasteiger partial charge in [-0.1, -0.05) is 0 Å². The molecule has 0 amide bonds. The Hall–Kier alpha value is -0.960. The average molecular weight is 302 g/mol. The molecule has 1 aliphatic rings. The smallest absolute Gasteiger partial charge is 0.245 e. The molecule has 1 fully saturated rings. The van der Waals surface area contributed by atoms with Crippen molar-refractivity contribution in [1.82, 2.24) is 19.4 Å². The molecule has 1 N–H and O–H groups in total. The van der Waals surface area contributed by atoms with E-state index in [9.17, 15) is 8.42 Å². The molecule has 20 heavy (non-hydrogen) atoms. The molecule has 0 aliphatic carbocycles. The standard InChI is InChI=1S/C12H22N4O3S/c1-15(20(17,18)12-7-13-14-8-12)9-11-3-4-16(10-11)5-6-19-2/h7-8,11H,3-6,9-10H2,1-2H3,(H,13,14)/t11-/m0/s1. The summed E-state index contributed by atoms with van der Waals surface area (Å²) in [6.45, 7) is 4.10. The van der Waals surface area contributed by atoms with Crippen LogP contribution < -0.4 is 0 Å². The summed E-state index contributed by atoms with van der Waals surface area (Å²) in [5, 5.41) is 6.23. The van der Waals surface area contributed by atoms with Crippen molar-refractivity contribution in [2.24, 2.45) is 5.92 Å². The fraction of sp³-hybridized carbons (Fsp3) is 0.750. The van der Waals surface area contributed by atoms with E-state index in [0.29, 0.717) is 12.5 Å². The zero-order valence-electron chi connectivity index (χ0n) is 11.9. The van der Waals surface area contributed by atoms with E-state index in [4.69, 9.17) is 4.74 Å². The van der Waals surface area contributed by atoms with E-state index in [0.717, 1.165) is 32.7 Å². The summed E-state index contributed by atoms with van der Waals surface area (Å²) >= 11 is 0. The van der Waals surface area contributed by atoms with E-state index in [-0.39, 0.29) is 4.90 Å². The average Bonchev–Trinajstić information content (AvgIpc) is 3.07. The molecule has 0 spiro atoms. The second kappa shape index (κ2) is 6.66. The van der Waals surface area contributed by atoms with Gasteiger partial charge in [-0.25, -0.2) is 12.7 Å². The molecule has 1 atom stereocenters. The van der Waals surface area contributed by atoms with Crippen LogP contribution in [0.1, 0.15) is 6.42 Å². The molecule has 8 heteroatoms. The Balaban J connectivity index is 1.88. The lowest BCUT2D eigenvalue weighted by molar-refractivity contribution is 0.158. The molecule has 0 bridgehead atoms. The zero-order valence-corrected chi connectivity index (χ0v) is 12.8. The van der Waals surface area contributed by atoms with Crippen LogP contribution in [0.25, 0.3) is 0 Å². The number of methoxy groups -OCH3 is 1. The summed E-state index contributed by atoms with van der Waals surface area (Å²) in [5.41, 5.74) is 0. The molecule has 0 radical (unpaired) electrons. The summed E-state index contributed by atoms with van der Waals surface area (Å²) in [4.78, 5) is 2.53. The molecule has 2 rings (SSSR count). The van der Waals surface area contributed by atoms with Gasteiger partial charge in [0.1, 0.15) is 4.90 Å². The van der Waals surface area contributed by atoms with Crippen molar-refractivity contribution in [3.8, 4) is 0 Å². The first-order valence-corrected chi connectivity index (χ1v) is 8.14. The Morgan fingerprint density at radius 1 is 1.60 bits per heavy atom. The minimum atomic E-state index is -3.42. The third-order valence-corrected chi connectivity index (χ3v) is 5.47. The molecule has 114 valence electrons. The third-order valence-electron chi connectivity index (χ3n) is 3.68. The Bertz CT molecular complexity index is 503. The lowest BCUT2D eigenvalue weighted by atomic mass is 10.1. The van der Waals surface area contributed by atoms with Crippen LogP contribution in [-0.4, -0.2) is 74.8 Å². The van der Waals surface area contributed by atoms with Crippen molar-refractivity contribution in [2.45, 2.75) is 11.3 Å². The van der Waals surface area contributed by atoms with Gasteiger partial charge in [0.15, 0.2) is 0 Å². The lowest BCUT2D eigenvalue weighted by Gasteiger charge is -2.20. The number of sulfonamides is 1. The molecular weight excluding hydrogens is 280 g/mol. The molecule has 0 saturated carbocycles. The number of likely N-dealkylation sites (tertiary alicyclic amines) is 1. The first-order chi connectivity index (χ1) is 9.54. The maximum Gasteiger partial charge on any atom is 0.245 e. The van der Waals surface area contributed by atoms with Crippen LogP contribution in [0.5, 0.6) is 0 Å². The molecular formula is C12H22N4O3S. The number of hydrogen-bond donors (Lipinski definition) is 1. The van der Waals surface area contributed by atoms with Gasteiger partial charge in [0.25, 0.3) is 0 Å². The first-order valence-electron chi connectivity index (χ1n) is 6.70. The Kier molecular flexibility index (Phi) is 5.14. The predicted molar refractivity (Wildman–Crippen MR) is 74.8 cm³/mol. The van der Waals surface area contributed by atoms with Crippen LogP contribution in [0, 0.1) is 5.92 Å². The van der Waals surface area contributed by atoms with Gasteiger partial charge >= 0.3 is 0 Å². The van der Waals surface area contributed by atoms with Gasteiger partial charge in [-0.3, -0.25) is 5.10 Å². The minimum absolute atomic E-state index is 0.217. The van der Waals surface area contributed by atoms with E-state index in [1.807, 2.05) is 0 Å². The highest BCUT2D eigenvalue weighted by Crippen LogP contribution is 2.20. The number of nitrogens with one attached hydrogen (secondary N) is 1. The Labute approximate surface area is 120 Å². The SMILES string of the molecule is COCCN1CC[C@@H](CN(C)S(=O)(=O)c2cn[nH]c2)C1. The van der Waals surface area contributed by atoms with E-state index < -0.39 is 10.0 Å². The normalized spacial score (nSPS) is 20.9. The Morgan fingerprint density at radius 3 is 3.05 bits per heavy atom. The largest absolute Gasteiger partial charge is 0.383 e. The highest BCUT2D eigenvalue weighted by molar-refractivity contribution is 7.89. The summed E-state index contributed by atoms with van der Waals surface area (Å²) in [7, 11) is -0.103. The first kappa shape index (κ1) is 15.4. The second-order valence-electron chi connectivity index (χ2n) is 5.17. The van der Waals surface area contributed by atoms with E-state index in [1.54, 1.807) is 14.2 Å². The topological polar surface area (TPSA) is 78.5 Å². The van der Waals surface area contributed by atoms with Crippen LogP contribution in [0.3, 0.4) is 0 Å². The maximum absolute atomic E-state index is 12.3.